The summed E-state index contributed by atoms with van der Waals surface area (Å²) in [7, 11) is 0. The molecule has 16 heavy (non-hydrogen) atoms. The molecule has 0 amide bonds. The summed E-state index contributed by atoms with van der Waals surface area (Å²) in [6.45, 7) is 4.36. The monoisotopic (exact) mass is 218 g/mol. The molecule has 2 N–H and O–H groups in total. The van der Waals surface area contributed by atoms with E-state index >= 15 is 0 Å². The van der Waals surface area contributed by atoms with Gasteiger partial charge >= 0.3 is 0 Å². The maximum Gasteiger partial charge on any atom is 0.147 e. The average molecular weight is 218 g/mol. The number of hydrogen-bond donors (Lipinski definition) is 1. The summed E-state index contributed by atoms with van der Waals surface area (Å²) in [6.07, 6.45) is 1.66. The highest BCUT2D eigenvalue weighted by atomic mass is 16.5. The van der Waals surface area contributed by atoms with E-state index in [4.69, 9.17) is 10.5 Å². The minimum absolute atomic E-state index is 0.587. The number of aryl methyl sites for hydroxylation is 1. The Morgan fingerprint density at radius 1 is 1.44 bits per heavy atom. The molecular formula is C11H14N4O. The van der Waals surface area contributed by atoms with E-state index < -0.39 is 0 Å². The summed E-state index contributed by atoms with van der Waals surface area (Å²) >= 11 is 0. The second-order valence-corrected chi connectivity index (χ2v) is 3.40. The van der Waals surface area contributed by atoms with Crippen LogP contribution in [-0.4, -0.2) is 21.4 Å². The van der Waals surface area contributed by atoms with E-state index in [1.807, 2.05) is 26.0 Å². The average Bonchev–Trinajstić information content (AvgIpc) is 2.65. The highest BCUT2D eigenvalue weighted by Crippen LogP contribution is 2.24. The minimum Gasteiger partial charge on any atom is -0.492 e. The number of nitrogens with two attached hydrogens (primary N) is 1. The Morgan fingerprint density at radius 3 is 2.88 bits per heavy atom. The number of nitrogens with zero attached hydrogens (tertiary/aromatic N) is 3. The SMILES string of the molecule is CCOc1cc(N)ccc1-n1cnc(C)n1. The van der Waals surface area contributed by atoms with Crippen molar-refractivity contribution in [2.45, 2.75) is 13.8 Å². The van der Waals surface area contributed by atoms with Crippen molar-refractivity contribution in [3.05, 3.63) is 30.4 Å². The van der Waals surface area contributed by atoms with Gasteiger partial charge in [0.15, 0.2) is 0 Å². The molecule has 0 spiro atoms. The third-order valence-electron chi connectivity index (χ3n) is 2.14. The smallest absolute Gasteiger partial charge is 0.147 e. The molecule has 0 aliphatic heterocycles. The van der Waals surface area contributed by atoms with E-state index in [1.165, 1.54) is 0 Å². The summed E-state index contributed by atoms with van der Waals surface area (Å²) in [5, 5.41) is 4.24. The highest BCUT2D eigenvalue weighted by molar-refractivity contribution is 5.55. The molecule has 0 saturated carbocycles. The van der Waals surface area contributed by atoms with Gasteiger partial charge in [-0.3, -0.25) is 0 Å². The van der Waals surface area contributed by atoms with Crippen LogP contribution in [-0.2, 0) is 0 Å². The zero-order valence-corrected chi connectivity index (χ0v) is 9.34. The Kier molecular flexibility index (Phi) is 2.76. The van der Waals surface area contributed by atoms with Crippen molar-refractivity contribution < 1.29 is 4.74 Å². The van der Waals surface area contributed by atoms with Crippen molar-refractivity contribution in [2.75, 3.05) is 12.3 Å². The van der Waals surface area contributed by atoms with E-state index in [0.29, 0.717) is 18.0 Å². The third-order valence-corrected chi connectivity index (χ3v) is 2.14. The molecule has 1 aromatic heterocycles. The molecule has 0 bridgehead atoms. The van der Waals surface area contributed by atoms with Crippen LogP contribution in [0, 0.1) is 6.92 Å². The van der Waals surface area contributed by atoms with Gasteiger partial charge in [-0.2, -0.15) is 5.10 Å². The van der Waals surface area contributed by atoms with E-state index in [1.54, 1.807) is 17.1 Å². The van der Waals surface area contributed by atoms with E-state index in [2.05, 4.69) is 10.1 Å². The molecule has 84 valence electrons. The van der Waals surface area contributed by atoms with Gasteiger partial charge in [-0.25, -0.2) is 9.67 Å². The van der Waals surface area contributed by atoms with Crippen LogP contribution in [0.3, 0.4) is 0 Å². The number of aromatic nitrogens is 3. The van der Waals surface area contributed by atoms with Crippen LogP contribution < -0.4 is 10.5 Å². The lowest BCUT2D eigenvalue weighted by Gasteiger charge is -2.10. The fourth-order valence-corrected chi connectivity index (χ4v) is 1.45. The zero-order chi connectivity index (χ0) is 11.5. The van der Waals surface area contributed by atoms with E-state index in [9.17, 15) is 0 Å². The first-order valence-electron chi connectivity index (χ1n) is 5.11. The number of nitrogen functional groups attached to an aromatic ring is 1. The van der Waals surface area contributed by atoms with Crippen LogP contribution >= 0.6 is 0 Å². The Labute approximate surface area is 93.9 Å². The summed E-state index contributed by atoms with van der Waals surface area (Å²) in [5.41, 5.74) is 7.23. The lowest BCUT2D eigenvalue weighted by Crippen LogP contribution is -2.02. The maximum absolute atomic E-state index is 5.72. The van der Waals surface area contributed by atoms with Crippen molar-refractivity contribution in [3.63, 3.8) is 0 Å². The van der Waals surface area contributed by atoms with Crippen LogP contribution in [0.4, 0.5) is 5.69 Å². The van der Waals surface area contributed by atoms with Crippen molar-refractivity contribution in [1.29, 1.82) is 0 Å². The molecule has 5 nitrogen and oxygen atoms in total. The summed E-state index contributed by atoms with van der Waals surface area (Å²) in [6, 6.07) is 5.47. The molecule has 0 fully saturated rings. The van der Waals surface area contributed by atoms with Gasteiger partial charge in [0.05, 0.1) is 6.61 Å². The van der Waals surface area contributed by atoms with E-state index in [-0.39, 0.29) is 0 Å². The largest absolute Gasteiger partial charge is 0.492 e. The number of rotatable bonds is 3. The fraction of sp³-hybridized carbons (Fsp3) is 0.273. The van der Waals surface area contributed by atoms with Crippen molar-refractivity contribution >= 4 is 5.69 Å². The van der Waals surface area contributed by atoms with Gasteiger partial charge in [0, 0.05) is 11.8 Å². The van der Waals surface area contributed by atoms with Crippen LogP contribution in [0.15, 0.2) is 24.5 Å². The summed E-state index contributed by atoms with van der Waals surface area (Å²) < 4.78 is 7.19. The lowest BCUT2D eigenvalue weighted by molar-refractivity contribution is 0.338. The van der Waals surface area contributed by atoms with Gasteiger partial charge in [0.25, 0.3) is 0 Å². The number of ether oxygens (including phenoxy) is 1. The molecule has 0 saturated heterocycles. The van der Waals surface area contributed by atoms with Crippen LogP contribution in [0.1, 0.15) is 12.7 Å². The van der Waals surface area contributed by atoms with Crippen molar-refractivity contribution in [1.82, 2.24) is 14.8 Å². The standard InChI is InChI=1S/C11H14N4O/c1-3-16-11-6-9(12)4-5-10(11)15-7-13-8(2)14-15/h4-7H,3,12H2,1-2H3. The van der Waals surface area contributed by atoms with Crippen molar-refractivity contribution in [2.24, 2.45) is 0 Å². The first-order chi connectivity index (χ1) is 7.70. The quantitative estimate of drug-likeness (QED) is 0.794. The van der Waals surface area contributed by atoms with Crippen LogP contribution in [0.5, 0.6) is 5.75 Å². The van der Waals surface area contributed by atoms with Gasteiger partial charge in [0.2, 0.25) is 0 Å². The molecule has 0 atom stereocenters. The van der Waals surface area contributed by atoms with E-state index in [0.717, 1.165) is 11.5 Å². The van der Waals surface area contributed by atoms with Gasteiger partial charge < -0.3 is 10.5 Å². The maximum atomic E-state index is 5.72. The molecule has 0 aliphatic rings. The molecule has 5 heteroatoms. The molecular weight excluding hydrogens is 204 g/mol. The van der Waals surface area contributed by atoms with Gasteiger partial charge in [-0.05, 0) is 26.0 Å². The number of anilines is 1. The van der Waals surface area contributed by atoms with Crippen LogP contribution in [0.2, 0.25) is 0 Å². The Hall–Kier alpha value is -2.04. The fourth-order valence-electron chi connectivity index (χ4n) is 1.45. The molecule has 2 rings (SSSR count). The second kappa shape index (κ2) is 4.22. The van der Waals surface area contributed by atoms with Gasteiger partial charge in [0.1, 0.15) is 23.6 Å². The predicted molar refractivity (Wildman–Crippen MR) is 61.7 cm³/mol. The number of hydrogen-bond acceptors (Lipinski definition) is 4. The molecule has 1 heterocycles. The molecule has 1 aromatic carbocycles. The van der Waals surface area contributed by atoms with Crippen LogP contribution in [0.25, 0.3) is 5.69 Å². The Bertz CT molecular complexity index is 492. The normalized spacial score (nSPS) is 10.4. The second-order valence-electron chi connectivity index (χ2n) is 3.40. The summed E-state index contributed by atoms with van der Waals surface area (Å²) in [5.74, 6) is 1.44. The summed E-state index contributed by atoms with van der Waals surface area (Å²) in [4.78, 5) is 4.08. The predicted octanol–water partition coefficient (Wildman–Crippen LogP) is 1.56. The van der Waals surface area contributed by atoms with Crippen molar-refractivity contribution in [3.8, 4) is 11.4 Å². The molecule has 0 aliphatic carbocycles. The number of benzene rings is 1. The zero-order valence-electron chi connectivity index (χ0n) is 9.34. The molecule has 2 aromatic rings. The van der Waals surface area contributed by atoms with Gasteiger partial charge in [-0.1, -0.05) is 0 Å². The lowest BCUT2D eigenvalue weighted by atomic mass is 10.2. The Balaban J connectivity index is 2.47. The topological polar surface area (TPSA) is 66.0 Å². The third kappa shape index (κ3) is 1.98. The van der Waals surface area contributed by atoms with Gasteiger partial charge in [-0.15, -0.1) is 0 Å². The molecule has 0 unspecified atom stereocenters. The molecule has 0 radical (unpaired) electrons. The highest BCUT2D eigenvalue weighted by Gasteiger charge is 2.07. The Morgan fingerprint density at radius 2 is 2.25 bits per heavy atom. The first kappa shape index (κ1) is 10.5. The minimum atomic E-state index is 0.587. The first-order valence-corrected chi connectivity index (χ1v) is 5.11.